The van der Waals surface area contributed by atoms with E-state index in [4.69, 9.17) is 11.6 Å². The summed E-state index contributed by atoms with van der Waals surface area (Å²) in [6.45, 7) is 2.09. The molecule has 0 aliphatic carbocycles. The van der Waals surface area contributed by atoms with Crippen molar-refractivity contribution in [3.05, 3.63) is 52.0 Å². The normalized spacial score (nSPS) is 10.7. The molecule has 1 aromatic heterocycles. The zero-order valence-corrected chi connectivity index (χ0v) is 13.7. The number of nitrogens with zero attached hydrogens (tertiary/aromatic N) is 2. The molecule has 1 heterocycles. The van der Waals surface area contributed by atoms with Crippen LogP contribution in [0.3, 0.4) is 0 Å². The van der Waals surface area contributed by atoms with Crippen LogP contribution in [0.25, 0.3) is 0 Å². The lowest BCUT2D eigenvalue weighted by Crippen LogP contribution is -2.01. The number of hydrogen-bond acceptors (Lipinski definition) is 3. The van der Waals surface area contributed by atoms with Gasteiger partial charge >= 0.3 is 0 Å². The maximum Gasteiger partial charge on any atom is 0.138 e. The monoisotopic (exact) mass is 356 g/mol. The highest BCUT2D eigenvalue weighted by atomic mass is 79.9. The summed E-state index contributed by atoms with van der Waals surface area (Å²) in [4.78, 5) is 10.1. The Bertz CT molecular complexity index is 563. The minimum absolute atomic E-state index is 0.474. The minimum atomic E-state index is 0.474. The van der Waals surface area contributed by atoms with Gasteiger partial charge in [0.25, 0.3) is 0 Å². The summed E-state index contributed by atoms with van der Waals surface area (Å²) in [6.07, 6.45) is 2.73. The first-order valence-corrected chi connectivity index (χ1v) is 8.32. The maximum absolute atomic E-state index is 5.86. The smallest absolute Gasteiger partial charge is 0.138 e. The first-order chi connectivity index (χ1) is 9.22. The minimum Gasteiger partial charge on any atom is -0.240 e. The van der Waals surface area contributed by atoms with Crippen molar-refractivity contribution >= 4 is 39.3 Å². The Kier molecular flexibility index (Phi) is 5.67. The molecule has 0 N–H and O–H groups in total. The fourth-order valence-corrected chi connectivity index (χ4v) is 3.27. The van der Waals surface area contributed by atoms with Crippen molar-refractivity contribution in [2.75, 3.05) is 0 Å². The van der Waals surface area contributed by atoms with E-state index in [0.29, 0.717) is 5.88 Å². The summed E-state index contributed by atoms with van der Waals surface area (Å²) in [7, 11) is 0. The van der Waals surface area contributed by atoms with Gasteiger partial charge in [0.1, 0.15) is 5.82 Å². The van der Waals surface area contributed by atoms with E-state index in [-0.39, 0.29) is 0 Å². The highest BCUT2D eigenvalue weighted by Crippen LogP contribution is 2.24. The Morgan fingerprint density at radius 3 is 2.89 bits per heavy atom. The highest BCUT2D eigenvalue weighted by Gasteiger charge is 2.05. The van der Waals surface area contributed by atoms with E-state index in [2.05, 4.69) is 45.0 Å². The number of thioether (sulfide) groups is 1. The van der Waals surface area contributed by atoms with Crippen LogP contribution in [-0.4, -0.2) is 9.97 Å². The summed E-state index contributed by atoms with van der Waals surface area (Å²) in [5.74, 6) is 2.10. The lowest BCUT2D eigenvalue weighted by Gasteiger charge is -2.06. The second-order valence-electron chi connectivity index (χ2n) is 3.99. The molecule has 0 bridgehead atoms. The van der Waals surface area contributed by atoms with Crippen molar-refractivity contribution < 1.29 is 0 Å². The molecule has 2 rings (SSSR count). The first-order valence-electron chi connectivity index (χ1n) is 6.01. The summed E-state index contributed by atoms with van der Waals surface area (Å²) < 4.78 is 1.09. The summed E-state index contributed by atoms with van der Waals surface area (Å²) in [5.41, 5.74) is 2.08. The predicted octanol–water partition coefficient (Wildman–Crippen LogP) is 4.83. The fraction of sp³-hybridized carbons (Fsp3) is 0.286. The van der Waals surface area contributed by atoms with Crippen LogP contribution in [0.4, 0.5) is 0 Å². The van der Waals surface area contributed by atoms with E-state index in [1.54, 1.807) is 11.8 Å². The van der Waals surface area contributed by atoms with Crippen LogP contribution in [0.15, 0.2) is 39.8 Å². The molecule has 5 heteroatoms. The van der Waals surface area contributed by atoms with Crippen LogP contribution in [0, 0.1) is 0 Å². The average molecular weight is 358 g/mol. The molecule has 1 aromatic carbocycles. The Balaban J connectivity index is 2.07. The average Bonchev–Trinajstić information content (AvgIpc) is 2.45. The number of hydrogen-bond donors (Lipinski definition) is 0. The van der Waals surface area contributed by atoms with Gasteiger partial charge < -0.3 is 0 Å². The van der Waals surface area contributed by atoms with Gasteiger partial charge in [0.15, 0.2) is 0 Å². The zero-order valence-electron chi connectivity index (χ0n) is 10.6. The molecule has 2 nitrogen and oxygen atoms in total. The van der Waals surface area contributed by atoms with Gasteiger partial charge in [0, 0.05) is 26.8 Å². The molecule has 0 unspecified atom stereocenters. The molecule has 0 radical (unpaired) electrons. The maximum atomic E-state index is 5.86. The van der Waals surface area contributed by atoms with Crippen LogP contribution in [-0.2, 0) is 18.1 Å². The number of benzene rings is 1. The van der Waals surface area contributed by atoms with Gasteiger partial charge in [-0.15, -0.1) is 23.4 Å². The van der Waals surface area contributed by atoms with Crippen molar-refractivity contribution in [1.82, 2.24) is 9.97 Å². The van der Waals surface area contributed by atoms with Gasteiger partial charge in [-0.3, -0.25) is 0 Å². The molecule has 19 heavy (non-hydrogen) atoms. The molecule has 0 aliphatic rings. The van der Waals surface area contributed by atoms with Crippen molar-refractivity contribution in [2.45, 2.75) is 29.9 Å². The van der Waals surface area contributed by atoms with Gasteiger partial charge in [0.2, 0.25) is 0 Å². The van der Waals surface area contributed by atoms with Crippen molar-refractivity contribution in [2.24, 2.45) is 0 Å². The Labute approximate surface area is 131 Å². The van der Waals surface area contributed by atoms with Crippen LogP contribution in [0.1, 0.15) is 24.0 Å². The van der Waals surface area contributed by atoms with E-state index < -0.39 is 0 Å². The number of alkyl halides is 1. The Morgan fingerprint density at radius 1 is 1.37 bits per heavy atom. The molecular weight excluding hydrogens is 344 g/mol. The second-order valence-corrected chi connectivity index (χ2v) is 6.22. The summed E-state index contributed by atoms with van der Waals surface area (Å²) in [5, 5.41) is 0. The third kappa shape index (κ3) is 4.20. The summed E-state index contributed by atoms with van der Waals surface area (Å²) >= 11 is 11.1. The van der Waals surface area contributed by atoms with E-state index in [0.717, 1.165) is 33.7 Å². The van der Waals surface area contributed by atoms with E-state index in [1.165, 1.54) is 4.90 Å². The summed E-state index contributed by atoms with van der Waals surface area (Å²) in [6, 6.07) is 8.23. The predicted molar refractivity (Wildman–Crippen MR) is 84.7 cm³/mol. The van der Waals surface area contributed by atoms with Crippen molar-refractivity contribution in [3.63, 3.8) is 0 Å². The Hall–Kier alpha value is -0.580. The number of rotatable bonds is 5. The molecule has 0 atom stereocenters. The first kappa shape index (κ1) is 14.8. The van der Waals surface area contributed by atoms with E-state index in [1.807, 2.05) is 18.3 Å². The van der Waals surface area contributed by atoms with Gasteiger partial charge in [-0.25, -0.2) is 9.97 Å². The van der Waals surface area contributed by atoms with Crippen LogP contribution in [0.5, 0.6) is 0 Å². The SMILES string of the molecule is CCc1nc(CSc2cccc(Br)c2)ncc1CCl. The molecule has 0 spiro atoms. The molecule has 100 valence electrons. The van der Waals surface area contributed by atoms with Gasteiger partial charge in [0.05, 0.1) is 11.6 Å². The highest BCUT2D eigenvalue weighted by molar-refractivity contribution is 9.10. The number of aromatic nitrogens is 2. The second kappa shape index (κ2) is 7.27. The van der Waals surface area contributed by atoms with Crippen LogP contribution < -0.4 is 0 Å². The molecule has 0 aliphatic heterocycles. The fourth-order valence-electron chi connectivity index (χ4n) is 1.68. The third-order valence-corrected chi connectivity index (χ3v) is 4.42. The van der Waals surface area contributed by atoms with Crippen LogP contribution >= 0.6 is 39.3 Å². The molecule has 0 saturated heterocycles. The molecule has 0 saturated carbocycles. The van der Waals surface area contributed by atoms with Crippen molar-refractivity contribution in [3.8, 4) is 0 Å². The molecule has 2 aromatic rings. The quantitative estimate of drug-likeness (QED) is 0.566. The van der Waals surface area contributed by atoms with Gasteiger partial charge in [-0.1, -0.05) is 28.9 Å². The largest absolute Gasteiger partial charge is 0.240 e. The van der Waals surface area contributed by atoms with Crippen LogP contribution in [0.2, 0.25) is 0 Å². The lowest BCUT2D eigenvalue weighted by molar-refractivity contribution is 0.912. The lowest BCUT2D eigenvalue weighted by atomic mass is 10.2. The van der Waals surface area contributed by atoms with Gasteiger partial charge in [-0.2, -0.15) is 0 Å². The number of aryl methyl sites for hydroxylation is 1. The molecule has 0 amide bonds. The number of halogens is 2. The van der Waals surface area contributed by atoms with E-state index >= 15 is 0 Å². The standard InChI is InChI=1S/C14H14BrClN2S/c1-2-13-10(7-16)8-17-14(18-13)9-19-12-5-3-4-11(15)6-12/h3-6,8H,2,7,9H2,1H3. The Morgan fingerprint density at radius 2 is 2.21 bits per heavy atom. The van der Waals surface area contributed by atoms with Crippen molar-refractivity contribution in [1.29, 1.82) is 0 Å². The topological polar surface area (TPSA) is 25.8 Å². The zero-order chi connectivity index (χ0) is 13.7. The third-order valence-electron chi connectivity index (χ3n) is 2.65. The molecule has 0 fully saturated rings. The van der Waals surface area contributed by atoms with Gasteiger partial charge in [-0.05, 0) is 24.6 Å². The van der Waals surface area contributed by atoms with E-state index in [9.17, 15) is 0 Å². The molecular formula is C14H14BrClN2S.